The number of esters is 1. The van der Waals surface area contributed by atoms with E-state index in [1.54, 1.807) is 49.4 Å². The van der Waals surface area contributed by atoms with Crippen molar-refractivity contribution in [1.82, 2.24) is 4.98 Å². The third-order valence-corrected chi connectivity index (χ3v) is 5.12. The second-order valence-corrected chi connectivity index (χ2v) is 7.43. The molecule has 0 saturated heterocycles. The number of para-hydroxylation sites is 2. The van der Waals surface area contributed by atoms with E-state index in [-0.39, 0.29) is 16.9 Å². The Morgan fingerprint density at radius 1 is 1.06 bits per heavy atom. The maximum Gasteiger partial charge on any atom is 0.339 e. The average molecular weight is 459 g/mol. The molecule has 4 aromatic rings. The van der Waals surface area contributed by atoms with Crippen LogP contribution in [0.25, 0.3) is 22.2 Å². The smallest absolute Gasteiger partial charge is 0.339 e. The Labute approximate surface area is 193 Å². The number of fused-ring (bicyclic) bond motifs is 1. The number of aryl methyl sites for hydroxylation is 1. The van der Waals surface area contributed by atoms with Crippen molar-refractivity contribution in [3.63, 3.8) is 0 Å². The van der Waals surface area contributed by atoms with Crippen LogP contribution in [0.1, 0.15) is 15.9 Å². The topological polar surface area (TPSA) is 111 Å². The van der Waals surface area contributed by atoms with E-state index in [9.17, 15) is 24.1 Å². The summed E-state index contributed by atoms with van der Waals surface area (Å²) >= 11 is 0. The number of nitro benzene ring substituents is 1. The van der Waals surface area contributed by atoms with Gasteiger partial charge in [0.2, 0.25) is 0 Å². The van der Waals surface area contributed by atoms with E-state index in [2.05, 4.69) is 10.3 Å². The Hall–Kier alpha value is -4.66. The fraction of sp³-hybridized carbons (Fsp3) is 0.0800. The number of nitrogens with zero attached hydrogens (tertiary/aromatic N) is 2. The standard InChI is InChI=1S/C25H18FN3O5/c1-15-5-4-8-22(29(32)33)24(15)28-23(30)14-34-25(31)19-13-21(16-9-11-17(26)12-10-16)27-20-7-3-2-6-18(19)20/h2-13H,14H2,1H3,(H,28,30). The number of ether oxygens (including phenoxy) is 1. The molecular formula is C25H18FN3O5. The highest BCUT2D eigenvalue weighted by Crippen LogP contribution is 2.28. The highest BCUT2D eigenvalue weighted by molar-refractivity contribution is 6.05. The molecule has 170 valence electrons. The lowest BCUT2D eigenvalue weighted by molar-refractivity contribution is -0.384. The predicted octanol–water partition coefficient (Wildman–Crippen LogP) is 5.05. The Bertz CT molecular complexity index is 1420. The summed E-state index contributed by atoms with van der Waals surface area (Å²) in [5.41, 5.74) is 2.02. The summed E-state index contributed by atoms with van der Waals surface area (Å²) in [6.07, 6.45) is 0. The van der Waals surface area contributed by atoms with Crippen molar-refractivity contribution in [1.29, 1.82) is 0 Å². The van der Waals surface area contributed by atoms with Gasteiger partial charge in [0, 0.05) is 17.0 Å². The van der Waals surface area contributed by atoms with E-state index in [4.69, 9.17) is 4.74 Å². The Morgan fingerprint density at radius 3 is 2.53 bits per heavy atom. The maximum atomic E-state index is 13.3. The van der Waals surface area contributed by atoms with Crippen LogP contribution >= 0.6 is 0 Å². The zero-order chi connectivity index (χ0) is 24.2. The molecule has 0 fully saturated rings. The third kappa shape index (κ3) is 4.73. The molecule has 9 heteroatoms. The fourth-order valence-electron chi connectivity index (χ4n) is 3.46. The predicted molar refractivity (Wildman–Crippen MR) is 124 cm³/mol. The van der Waals surface area contributed by atoms with Gasteiger partial charge >= 0.3 is 5.97 Å². The summed E-state index contributed by atoms with van der Waals surface area (Å²) in [6.45, 7) is 0.974. The molecule has 0 saturated carbocycles. The van der Waals surface area contributed by atoms with Gasteiger partial charge in [-0.3, -0.25) is 14.9 Å². The summed E-state index contributed by atoms with van der Waals surface area (Å²) in [5, 5.41) is 14.2. The highest BCUT2D eigenvalue weighted by Gasteiger charge is 2.20. The van der Waals surface area contributed by atoms with E-state index < -0.39 is 29.2 Å². The monoisotopic (exact) mass is 459 g/mol. The molecule has 4 rings (SSSR count). The van der Waals surface area contributed by atoms with Gasteiger partial charge in [0.1, 0.15) is 11.5 Å². The summed E-state index contributed by atoms with van der Waals surface area (Å²) < 4.78 is 18.5. The van der Waals surface area contributed by atoms with Crippen molar-refractivity contribution < 1.29 is 23.6 Å². The first kappa shape index (κ1) is 22.5. The number of carbonyl (C=O) groups is 2. The molecule has 0 aliphatic heterocycles. The minimum absolute atomic E-state index is 0.0431. The highest BCUT2D eigenvalue weighted by atomic mass is 19.1. The molecule has 0 atom stereocenters. The number of benzene rings is 3. The largest absolute Gasteiger partial charge is 0.452 e. The zero-order valence-electron chi connectivity index (χ0n) is 17.9. The van der Waals surface area contributed by atoms with Crippen LogP contribution < -0.4 is 5.32 Å². The molecule has 1 amide bonds. The number of aromatic nitrogens is 1. The molecule has 8 nitrogen and oxygen atoms in total. The number of anilines is 1. The number of halogens is 1. The van der Waals surface area contributed by atoms with Gasteiger partial charge in [0.15, 0.2) is 6.61 Å². The molecule has 0 bridgehead atoms. The van der Waals surface area contributed by atoms with Crippen LogP contribution in [0.5, 0.6) is 0 Å². The number of hydrogen-bond donors (Lipinski definition) is 1. The number of rotatable bonds is 6. The number of hydrogen-bond acceptors (Lipinski definition) is 6. The van der Waals surface area contributed by atoms with Crippen molar-refractivity contribution in [3.05, 3.63) is 99.9 Å². The Balaban J connectivity index is 1.57. The number of nitro groups is 1. The number of nitrogens with one attached hydrogen (secondary N) is 1. The van der Waals surface area contributed by atoms with Gasteiger partial charge in [-0.05, 0) is 48.9 Å². The summed E-state index contributed by atoms with van der Waals surface area (Å²) in [7, 11) is 0. The number of amides is 1. The lowest BCUT2D eigenvalue weighted by Crippen LogP contribution is -2.22. The molecule has 0 aliphatic rings. The van der Waals surface area contributed by atoms with Crippen molar-refractivity contribution in [2.45, 2.75) is 6.92 Å². The minimum atomic E-state index is -0.767. The van der Waals surface area contributed by atoms with Gasteiger partial charge in [-0.1, -0.05) is 30.3 Å². The van der Waals surface area contributed by atoms with Gasteiger partial charge in [-0.15, -0.1) is 0 Å². The average Bonchev–Trinajstić information content (AvgIpc) is 2.83. The molecule has 0 aliphatic carbocycles. The van der Waals surface area contributed by atoms with Crippen molar-refractivity contribution in [2.75, 3.05) is 11.9 Å². The third-order valence-electron chi connectivity index (χ3n) is 5.12. The van der Waals surface area contributed by atoms with E-state index in [0.29, 0.717) is 27.7 Å². The molecule has 1 N–H and O–H groups in total. The Morgan fingerprint density at radius 2 is 1.79 bits per heavy atom. The lowest BCUT2D eigenvalue weighted by Gasteiger charge is -2.11. The summed E-state index contributed by atoms with van der Waals surface area (Å²) in [4.78, 5) is 40.5. The van der Waals surface area contributed by atoms with Gasteiger partial charge < -0.3 is 10.1 Å². The van der Waals surface area contributed by atoms with Crippen LogP contribution in [0, 0.1) is 22.9 Å². The van der Waals surface area contributed by atoms with E-state index in [1.807, 2.05) is 0 Å². The van der Waals surface area contributed by atoms with Crippen molar-refractivity contribution >= 4 is 34.2 Å². The van der Waals surface area contributed by atoms with Crippen LogP contribution in [0.3, 0.4) is 0 Å². The van der Waals surface area contributed by atoms with Crippen molar-refractivity contribution in [3.8, 4) is 11.3 Å². The van der Waals surface area contributed by atoms with Gasteiger partial charge in [-0.25, -0.2) is 14.2 Å². The minimum Gasteiger partial charge on any atom is -0.452 e. The Kier molecular flexibility index (Phi) is 6.26. The lowest BCUT2D eigenvalue weighted by atomic mass is 10.0. The number of carbonyl (C=O) groups excluding carboxylic acids is 2. The number of pyridine rings is 1. The van der Waals surface area contributed by atoms with Crippen molar-refractivity contribution in [2.24, 2.45) is 0 Å². The first-order valence-electron chi connectivity index (χ1n) is 10.2. The SMILES string of the molecule is Cc1cccc([N+](=O)[O-])c1NC(=O)COC(=O)c1cc(-c2ccc(F)cc2)nc2ccccc12. The molecular weight excluding hydrogens is 441 g/mol. The molecule has 1 aromatic heterocycles. The zero-order valence-corrected chi connectivity index (χ0v) is 17.9. The van der Waals surface area contributed by atoms with Crippen LogP contribution in [0.15, 0.2) is 72.8 Å². The van der Waals surface area contributed by atoms with Crippen LogP contribution in [0.2, 0.25) is 0 Å². The second kappa shape index (κ2) is 9.45. The molecule has 3 aromatic carbocycles. The molecule has 1 heterocycles. The molecule has 0 spiro atoms. The maximum absolute atomic E-state index is 13.3. The quantitative estimate of drug-likeness (QED) is 0.245. The summed E-state index contributed by atoms with van der Waals surface area (Å²) in [6, 6.07) is 18.5. The first-order chi connectivity index (χ1) is 16.3. The van der Waals surface area contributed by atoms with Crippen LogP contribution in [-0.4, -0.2) is 28.4 Å². The van der Waals surface area contributed by atoms with Crippen LogP contribution in [0.4, 0.5) is 15.8 Å². The van der Waals surface area contributed by atoms with E-state index in [0.717, 1.165) is 0 Å². The second-order valence-electron chi connectivity index (χ2n) is 7.43. The van der Waals surface area contributed by atoms with Gasteiger partial charge in [0.25, 0.3) is 11.6 Å². The summed E-state index contributed by atoms with van der Waals surface area (Å²) in [5.74, 6) is -1.89. The van der Waals surface area contributed by atoms with E-state index in [1.165, 1.54) is 30.3 Å². The first-order valence-corrected chi connectivity index (χ1v) is 10.2. The molecule has 0 radical (unpaired) electrons. The van der Waals surface area contributed by atoms with Crippen LogP contribution in [-0.2, 0) is 9.53 Å². The molecule has 34 heavy (non-hydrogen) atoms. The normalized spacial score (nSPS) is 10.6. The molecule has 0 unspecified atom stereocenters. The van der Waals surface area contributed by atoms with E-state index >= 15 is 0 Å². The fourth-order valence-corrected chi connectivity index (χ4v) is 3.46. The van der Waals surface area contributed by atoms with Gasteiger partial charge in [0.05, 0.1) is 21.7 Å². The van der Waals surface area contributed by atoms with Gasteiger partial charge in [-0.2, -0.15) is 0 Å².